The Bertz CT molecular complexity index is 1380. The highest BCUT2D eigenvalue weighted by Crippen LogP contribution is 2.41. The zero-order chi connectivity index (χ0) is 36.4. The first-order chi connectivity index (χ1) is 23.5. The van der Waals surface area contributed by atoms with Crippen molar-refractivity contribution in [3.05, 3.63) is 66.6 Å². The number of alkyl halides is 6. The van der Waals surface area contributed by atoms with Gasteiger partial charge in [-0.15, -0.1) is 0 Å². The van der Waals surface area contributed by atoms with Crippen LogP contribution >= 0.6 is 46.4 Å². The van der Waals surface area contributed by atoms with Gasteiger partial charge in [0.2, 0.25) is 0 Å². The molecule has 4 nitrogen and oxygen atoms in total. The number of carbonyl (C=O) groups is 2. The molecule has 2 saturated heterocycles. The Labute approximate surface area is 308 Å². The maximum absolute atomic E-state index is 12.8. The quantitative estimate of drug-likeness (QED) is 0.197. The normalized spacial score (nSPS) is 24.8. The number of halogens is 10. The van der Waals surface area contributed by atoms with E-state index >= 15 is 0 Å². The number of Topliss-reactive ketones (excluding diaryl/α,β-unsaturated/α-hetero) is 2. The van der Waals surface area contributed by atoms with Crippen LogP contribution in [0, 0.1) is 11.8 Å². The third kappa shape index (κ3) is 9.51. The van der Waals surface area contributed by atoms with Gasteiger partial charge in [-0.05, 0) is 114 Å². The highest BCUT2D eigenvalue weighted by molar-refractivity contribution is 6.40. The molecule has 14 heteroatoms. The van der Waals surface area contributed by atoms with Crippen LogP contribution in [-0.2, 0) is 12.4 Å². The van der Waals surface area contributed by atoms with Gasteiger partial charge in [0.15, 0.2) is 11.6 Å². The van der Waals surface area contributed by atoms with Crippen LogP contribution < -0.4 is 0 Å². The molecule has 4 fully saturated rings. The Morgan fingerprint density at radius 1 is 0.540 bits per heavy atom. The maximum atomic E-state index is 12.8. The van der Waals surface area contributed by atoms with Crippen molar-refractivity contribution in [1.82, 2.24) is 9.80 Å². The molecule has 2 saturated carbocycles. The summed E-state index contributed by atoms with van der Waals surface area (Å²) < 4.78 is 76.9. The lowest BCUT2D eigenvalue weighted by Crippen LogP contribution is -2.36. The number of rotatable bonds is 8. The van der Waals surface area contributed by atoms with Gasteiger partial charge < -0.3 is 9.80 Å². The van der Waals surface area contributed by atoms with E-state index in [0.29, 0.717) is 12.1 Å². The SMILES string of the molecule is O=C(C[C@@H]1CCC[C@@H]1N1CCCC1)c1c(Cl)cc(C(F)(F)F)cc1Cl.O=C(C[C@H]1CCC[C@H]1N1CCCC1)c1c(Cl)cc(C(F)(F)F)cc1Cl. The van der Waals surface area contributed by atoms with Crippen LogP contribution in [-0.4, -0.2) is 59.6 Å². The van der Waals surface area contributed by atoms with E-state index in [1.807, 2.05) is 0 Å². The van der Waals surface area contributed by atoms with Crippen molar-refractivity contribution in [2.75, 3.05) is 26.2 Å². The fourth-order valence-electron chi connectivity index (χ4n) is 8.31. The molecule has 50 heavy (non-hydrogen) atoms. The van der Waals surface area contributed by atoms with Gasteiger partial charge in [0, 0.05) is 24.9 Å². The molecule has 4 aliphatic rings. The van der Waals surface area contributed by atoms with Gasteiger partial charge in [0.25, 0.3) is 0 Å². The number of hydrogen-bond donors (Lipinski definition) is 0. The first-order valence-corrected chi connectivity index (χ1v) is 18.7. The molecule has 2 heterocycles. The number of likely N-dealkylation sites (tertiary alicyclic amines) is 2. The highest BCUT2D eigenvalue weighted by Gasteiger charge is 2.38. The Hall–Kier alpha value is -1.56. The van der Waals surface area contributed by atoms with Gasteiger partial charge in [-0.1, -0.05) is 59.2 Å². The fourth-order valence-corrected chi connectivity index (χ4v) is 9.70. The summed E-state index contributed by atoms with van der Waals surface area (Å²) in [6.45, 7) is 4.27. The molecular formula is C36H40Cl4F6N2O2. The van der Waals surface area contributed by atoms with Gasteiger partial charge in [-0.2, -0.15) is 26.3 Å². The largest absolute Gasteiger partial charge is 0.416 e. The lowest BCUT2D eigenvalue weighted by Gasteiger charge is -2.29. The Morgan fingerprint density at radius 3 is 1.12 bits per heavy atom. The zero-order valence-electron chi connectivity index (χ0n) is 27.4. The van der Waals surface area contributed by atoms with E-state index in [0.717, 1.165) is 89.0 Å². The van der Waals surface area contributed by atoms with Crippen molar-refractivity contribution >= 4 is 58.0 Å². The third-order valence-corrected chi connectivity index (χ3v) is 11.8. The van der Waals surface area contributed by atoms with E-state index < -0.39 is 23.5 Å². The van der Waals surface area contributed by atoms with E-state index in [2.05, 4.69) is 9.80 Å². The molecule has 4 atom stereocenters. The molecule has 0 unspecified atom stereocenters. The smallest absolute Gasteiger partial charge is 0.300 e. The molecule has 0 radical (unpaired) electrons. The minimum Gasteiger partial charge on any atom is -0.300 e. The lowest BCUT2D eigenvalue weighted by atomic mass is 9.92. The fraction of sp³-hybridized carbons (Fsp3) is 0.611. The first-order valence-electron chi connectivity index (χ1n) is 17.2. The molecule has 2 aliphatic carbocycles. The number of ketones is 2. The van der Waals surface area contributed by atoms with Crippen LogP contribution in [0.5, 0.6) is 0 Å². The van der Waals surface area contributed by atoms with E-state index in [1.165, 1.54) is 25.7 Å². The Kier molecular flexibility index (Phi) is 13.2. The van der Waals surface area contributed by atoms with Crippen LogP contribution in [0.15, 0.2) is 24.3 Å². The molecule has 0 amide bonds. The molecule has 0 bridgehead atoms. The molecule has 0 spiro atoms. The average molecular weight is 789 g/mol. The number of nitrogens with zero attached hydrogens (tertiary/aromatic N) is 2. The number of carbonyl (C=O) groups excluding carboxylic acids is 2. The van der Waals surface area contributed by atoms with Crippen LogP contribution in [0.4, 0.5) is 26.3 Å². The topological polar surface area (TPSA) is 40.6 Å². The summed E-state index contributed by atoms with van der Waals surface area (Å²) in [7, 11) is 0. The Balaban J connectivity index is 0.000000194. The van der Waals surface area contributed by atoms with E-state index in [-0.39, 0.29) is 67.5 Å². The molecule has 2 aromatic rings. The second-order valence-corrected chi connectivity index (χ2v) is 15.5. The summed E-state index contributed by atoms with van der Waals surface area (Å²) in [5.74, 6) is -0.0836. The predicted molar refractivity (Wildman–Crippen MR) is 185 cm³/mol. The van der Waals surface area contributed by atoms with Crippen LogP contribution in [0.1, 0.15) is 109 Å². The predicted octanol–water partition coefficient (Wildman–Crippen LogP) is 11.7. The van der Waals surface area contributed by atoms with E-state index in [1.54, 1.807) is 0 Å². The van der Waals surface area contributed by atoms with Crippen molar-refractivity contribution in [2.45, 2.75) is 101 Å². The monoisotopic (exact) mass is 786 g/mol. The molecule has 0 aromatic heterocycles. The molecule has 276 valence electrons. The van der Waals surface area contributed by atoms with Crippen molar-refractivity contribution in [3.63, 3.8) is 0 Å². The third-order valence-electron chi connectivity index (χ3n) is 10.6. The lowest BCUT2D eigenvalue weighted by molar-refractivity contribution is -0.138. The van der Waals surface area contributed by atoms with Gasteiger partial charge in [-0.25, -0.2) is 0 Å². The summed E-state index contributed by atoms with van der Waals surface area (Å²) >= 11 is 23.9. The standard InChI is InChI=1S/2C18H20Cl2F3NO/c2*19-13-9-12(18(21,22)23)10-14(20)17(13)16(25)8-11-4-3-5-15(11)24-6-1-2-7-24/h2*9-11,15H,1-8H2/t2*11-,15-/m10/s1. The summed E-state index contributed by atoms with van der Waals surface area (Å²) in [6.07, 6.45) is 2.47. The van der Waals surface area contributed by atoms with Crippen LogP contribution in [0.2, 0.25) is 20.1 Å². The van der Waals surface area contributed by atoms with Crippen LogP contribution in [0.3, 0.4) is 0 Å². The van der Waals surface area contributed by atoms with Gasteiger partial charge >= 0.3 is 12.4 Å². The molecule has 0 N–H and O–H groups in total. The van der Waals surface area contributed by atoms with Crippen molar-refractivity contribution < 1.29 is 35.9 Å². The van der Waals surface area contributed by atoms with Gasteiger partial charge in [-0.3, -0.25) is 9.59 Å². The molecular weight excluding hydrogens is 748 g/mol. The van der Waals surface area contributed by atoms with Crippen molar-refractivity contribution in [1.29, 1.82) is 0 Å². The summed E-state index contributed by atoms with van der Waals surface area (Å²) in [5, 5.41) is -0.887. The second-order valence-electron chi connectivity index (χ2n) is 13.9. The second kappa shape index (κ2) is 16.6. The maximum Gasteiger partial charge on any atom is 0.416 e. The zero-order valence-corrected chi connectivity index (χ0v) is 30.4. The number of benzene rings is 2. The average Bonchev–Trinajstić information content (AvgIpc) is 3.84. The van der Waals surface area contributed by atoms with Crippen LogP contribution in [0.25, 0.3) is 0 Å². The Morgan fingerprint density at radius 2 is 0.840 bits per heavy atom. The number of hydrogen-bond acceptors (Lipinski definition) is 4. The van der Waals surface area contributed by atoms with Crippen molar-refractivity contribution in [2.24, 2.45) is 11.8 Å². The van der Waals surface area contributed by atoms with E-state index in [9.17, 15) is 35.9 Å². The minimum atomic E-state index is -4.54. The van der Waals surface area contributed by atoms with Gasteiger partial charge in [0.05, 0.1) is 42.3 Å². The highest BCUT2D eigenvalue weighted by atomic mass is 35.5. The molecule has 2 aromatic carbocycles. The first kappa shape index (κ1) is 39.6. The molecule has 6 rings (SSSR count). The van der Waals surface area contributed by atoms with Crippen molar-refractivity contribution in [3.8, 4) is 0 Å². The van der Waals surface area contributed by atoms with Gasteiger partial charge in [0.1, 0.15) is 0 Å². The summed E-state index contributed by atoms with van der Waals surface area (Å²) in [4.78, 5) is 30.3. The van der Waals surface area contributed by atoms with E-state index in [4.69, 9.17) is 46.4 Å². The minimum absolute atomic E-state index is 0.0170. The summed E-state index contributed by atoms with van der Waals surface area (Å²) in [5.41, 5.74) is -1.84. The summed E-state index contributed by atoms with van der Waals surface area (Å²) in [6, 6.07) is 3.91. The molecule has 2 aliphatic heterocycles.